The van der Waals surface area contributed by atoms with Crippen LogP contribution in [-0.2, 0) is 0 Å². The number of hydrogen-bond donors (Lipinski definition) is 1. The Morgan fingerprint density at radius 2 is 1.94 bits per heavy atom. The predicted molar refractivity (Wildman–Crippen MR) is 63.9 cm³/mol. The first kappa shape index (κ1) is 11.5. The smallest absolute Gasteiger partial charge is 0.278 e. The maximum Gasteiger partial charge on any atom is 0.278 e. The topological polar surface area (TPSA) is 99.8 Å². The summed E-state index contributed by atoms with van der Waals surface area (Å²) in [5.41, 5.74) is -0.0706. The Hall–Kier alpha value is -2.94. The van der Waals surface area contributed by atoms with E-state index in [9.17, 15) is 14.9 Å². The van der Waals surface area contributed by atoms with Crippen molar-refractivity contribution in [3.63, 3.8) is 0 Å². The molecule has 0 saturated heterocycles. The molecule has 88 valence electrons. The molecule has 1 N–H and O–H groups in total. The minimum Gasteiger partial charge on any atom is -0.321 e. The Kier molecular flexibility index (Phi) is 2.89. The van der Waals surface area contributed by atoms with Crippen LogP contribution in [0.25, 0.3) is 11.3 Å². The van der Waals surface area contributed by atoms with Crippen molar-refractivity contribution >= 4 is 5.69 Å². The quantitative estimate of drug-likeness (QED) is 0.640. The van der Waals surface area contributed by atoms with Gasteiger partial charge < -0.3 is 4.98 Å². The number of rotatable bonds is 2. The van der Waals surface area contributed by atoms with Gasteiger partial charge in [-0.3, -0.25) is 14.9 Å². The van der Waals surface area contributed by atoms with Crippen LogP contribution in [0.1, 0.15) is 5.56 Å². The van der Waals surface area contributed by atoms with Gasteiger partial charge in [-0.1, -0.05) is 12.1 Å². The average Bonchev–Trinajstić information content (AvgIpc) is 2.38. The normalized spacial score (nSPS) is 9.72. The van der Waals surface area contributed by atoms with E-state index in [1.165, 1.54) is 24.3 Å². The van der Waals surface area contributed by atoms with E-state index in [4.69, 9.17) is 5.26 Å². The molecule has 1 heterocycles. The highest BCUT2D eigenvalue weighted by Gasteiger charge is 2.15. The molecular formula is C12H7N3O3. The fraction of sp³-hybridized carbons (Fsp3) is 0. The highest BCUT2D eigenvalue weighted by Crippen LogP contribution is 2.27. The zero-order chi connectivity index (χ0) is 13.1. The molecule has 1 aromatic heterocycles. The molecule has 0 bridgehead atoms. The van der Waals surface area contributed by atoms with Crippen molar-refractivity contribution in [1.29, 1.82) is 5.26 Å². The van der Waals surface area contributed by atoms with E-state index >= 15 is 0 Å². The number of nitro groups is 1. The van der Waals surface area contributed by atoms with E-state index in [0.29, 0.717) is 11.3 Å². The molecule has 0 spiro atoms. The van der Waals surface area contributed by atoms with Crippen molar-refractivity contribution in [2.45, 2.75) is 0 Å². The van der Waals surface area contributed by atoms with Gasteiger partial charge in [0.2, 0.25) is 0 Å². The number of nitrogens with one attached hydrogen (secondary N) is 1. The zero-order valence-corrected chi connectivity index (χ0v) is 9.08. The van der Waals surface area contributed by atoms with E-state index in [1.807, 2.05) is 0 Å². The fourth-order valence-corrected chi connectivity index (χ4v) is 1.58. The Morgan fingerprint density at radius 1 is 1.22 bits per heavy atom. The van der Waals surface area contributed by atoms with Crippen LogP contribution in [0.15, 0.2) is 41.2 Å². The summed E-state index contributed by atoms with van der Waals surface area (Å²) < 4.78 is 0. The van der Waals surface area contributed by atoms with Gasteiger partial charge in [-0.2, -0.15) is 5.26 Å². The van der Waals surface area contributed by atoms with Gasteiger partial charge in [-0.25, -0.2) is 0 Å². The van der Waals surface area contributed by atoms with Gasteiger partial charge in [0.15, 0.2) is 0 Å². The number of para-hydroxylation sites is 1. The number of nitrogens with zero attached hydrogens (tertiary/aromatic N) is 2. The molecule has 2 aromatic rings. The second-order valence-corrected chi connectivity index (χ2v) is 3.50. The third-order valence-corrected chi connectivity index (χ3v) is 2.42. The van der Waals surface area contributed by atoms with Crippen molar-refractivity contribution in [3.05, 3.63) is 62.4 Å². The zero-order valence-electron chi connectivity index (χ0n) is 9.08. The molecule has 0 atom stereocenters. The number of aromatic amines is 1. The van der Waals surface area contributed by atoms with Gasteiger partial charge in [0.05, 0.1) is 16.2 Å². The number of nitro benzene ring substituents is 1. The average molecular weight is 241 g/mol. The lowest BCUT2D eigenvalue weighted by atomic mass is 10.1. The maximum atomic E-state index is 11.5. The number of hydrogen-bond acceptors (Lipinski definition) is 4. The molecular weight excluding hydrogens is 234 g/mol. The van der Waals surface area contributed by atoms with E-state index in [1.54, 1.807) is 18.2 Å². The molecule has 1 aromatic carbocycles. The molecule has 2 rings (SSSR count). The van der Waals surface area contributed by atoms with Crippen LogP contribution in [0.2, 0.25) is 0 Å². The van der Waals surface area contributed by atoms with Crippen LogP contribution in [-0.4, -0.2) is 9.91 Å². The summed E-state index contributed by atoms with van der Waals surface area (Å²) in [7, 11) is 0. The third-order valence-electron chi connectivity index (χ3n) is 2.42. The van der Waals surface area contributed by atoms with Gasteiger partial charge in [0, 0.05) is 6.07 Å². The summed E-state index contributed by atoms with van der Waals surface area (Å²) in [5.74, 6) is 0. The van der Waals surface area contributed by atoms with Crippen molar-refractivity contribution in [3.8, 4) is 17.3 Å². The molecule has 6 heteroatoms. The lowest BCUT2D eigenvalue weighted by Gasteiger charge is -2.02. The highest BCUT2D eigenvalue weighted by atomic mass is 16.6. The number of pyridine rings is 1. The minimum atomic E-state index is -0.562. The Balaban J connectivity index is 2.64. The minimum absolute atomic E-state index is 0.0302. The summed E-state index contributed by atoms with van der Waals surface area (Å²) in [6.07, 6.45) is 0. The van der Waals surface area contributed by atoms with Crippen LogP contribution in [0.5, 0.6) is 0 Å². The summed E-state index contributed by atoms with van der Waals surface area (Å²) in [6.45, 7) is 0. The van der Waals surface area contributed by atoms with E-state index in [0.717, 1.165) is 0 Å². The number of H-pyrrole nitrogens is 1. The Labute approximate surface area is 101 Å². The second-order valence-electron chi connectivity index (χ2n) is 3.50. The summed E-state index contributed by atoms with van der Waals surface area (Å²) >= 11 is 0. The van der Waals surface area contributed by atoms with Crippen molar-refractivity contribution in [2.75, 3.05) is 0 Å². The predicted octanol–water partition coefficient (Wildman–Crippen LogP) is 1.82. The van der Waals surface area contributed by atoms with Gasteiger partial charge in [-0.05, 0) is 18.2 Å². The third kappa shape index (κ3) is 1.97. The van der Waals surface area contributed by atoms with Crippen molar-refractivity contribution < 1.29 is 4.92 Å². The molecule has 18 heavy (non-hydrogen) atoms. The van der Waals surface area contributed by atoms with Gasteiger partial charge in [0.25, 0.3) is 11.2 Å². The summed E-state index contributed by atoms with van der Waals surface area (Å²) in [5, 5.41) is 19.5. The Morgan fingerprint density at radius 3 is 2.56 bits per heavy atom. The maximum absolute atomic E-state index is 11.5. The first-order valence-electron chi connectivity index (χ1n) is 5.00. The van der Waals surface area contributed by atoms with Crippen LogP contribution in [0.3, 0.4) is 0 Å². The van der Waals surface area contributed by atoms with Crippen LogP contribution < -0.4 is 5.56 Å². The second kappa shape index (κ2) is 4.51. The fourth-order valence-electron chi connectivity index (χ4n) is 1.58. The van der Waals surface area contributed by atoms with Crippen LogP contribution in [0, 0.1) is 21.4 Å². The molecule has 0 saturated carbocycles. The van der Waals surface area contributed by atoms with E-state index in [2.05, 4.69) is 4.98 Å². The molecule has 0 aliphatic rings. The SMILES string of the molecule is N#Cc1ccc(-c2ccccc2[N+](=O)[O-])[nH]c1=O. The molecule has 0 unspecified atom stereocenters. The molecule has 0 radical (unpaired) electrons. The van der Waals surface area contributed by atoms with Crippen molar-refractivity contribution in [1.82, 2.24) is 4.98 Å². The van der Waals surface area contributed by atoms with Gasteiger partial charge in [0.1, 0.15) is 11.6 Å². The summed E-state index contributed by atoms with van der Waals surface area (Å²) in [4.78, 5) is 24.3. The summed E-state index contributed by atoms with van der Waals surface area (Å²) in [6, 6.07) is 10.6. The molecule has 0 fully saturated rings. The van der Waals surface area contributed by atoms with Crippen LogP contribution in [0.4, 0.5) is 5.69 Å². The lowest BCUT2D eigenvalue weighted by molar-refractivity contribution is -0.384. The van der Waals surface area contributed by atoms with E-state index in [-0.39, 0.29) is 11.3 Å². The van der Waals surface area contributed by atoms with E-state index < -0.39 is 10.5 Å². The van der Waals surface area contributed by atoms with Crippen LogP contribution >= 0.6 is 0 Å². The molecule has 0 amide bonds. The standard InChI is InChI=1S/C12H7N3O3/c13-7-8-5-6-10(14-12(8)16)9-3-1-2-4-11(9)15(17)18/h1-6H,(H,14,16). The first-order chi connectivity index (χ1) is 8.63. The lowest BCUT2D eigenvalue weighted by Crippen LogP contribution is -2.10. The molecule has 6 nitrogen and oxygen atoms in total. The number of nitriles is 1. The first-order valence-corrected chi connectivity index (χ1v) is 5.00. The number of aromatic nitrogens is 1. The molecule has 0 aliphatic carbocycles. The highest BCUT2D eigenvalue weighted by molar-refractivity contribution is 5.70. The molecule has 0 aliphatic heterocycles. The number of benzene rings is 1. The van der Waals surface area contributed by atoms with Crippen molar-refractivity contribution in [2.24, 2.45) is 0 Å². The van der Waals surface area contributed by atoms with Gasteiger partial charge >= 0.3 is 0 Å². The van der Waals surface area contributed by atoms with Gasteiger partial charge in [-0.15, -0.1) is 0 Å². The largest absolute Gasteiger partial charge is 0.321 e. The monoisotopic (exact) mass is 241 g/mol. The Bertz CT molecular complexity index is 713.